The van der Waals surface area contributed by atoms with Crippen LogP contribution in [0.1, 0.15) is 34.1 Å². The van der Waals surface area contributed by atoms with Crippen LogP contribution in [0.25, 0.3) is 0 Å². The van der Waals surface area contributed by atoms with Gasteiger partial charge in [-0.2, -0.15) is 0 Å². The molecule has 0 aromatic carbocycles. The Morgan fingerprint density at radius 3 is 2.65 bits per heavy atom. The molecule has 0 saturated carbocycles. The topological polar surface area (TPSA) is 50.4 Å². The molecule has 0 aliphatic carbocycles. The zero-order valence-electron chi connectivity index (χ0n) is 11.7. The van der Waals surface area contributed by atoms with Crippen LogP contribution in [0, 0.1) is 11.3 Å². The van der Waals surface area contributed by atoms with E-state index in [1.807, 2.05) is 0 Å². The molecule has 1 aliphatic heterocycles. The Morgan fingerprint density at radius 1 is 1.53 bits per heavy atom. The van der Waals surface area contributed by atoms with Crippen molar-refractivity contribution < 1.29 is 9.53 Å². The molecule has 100 valence electrons. The molecule has 1 rings (SSSR count). The summed E-state index contributed by atoms with van der Waals surface area (Å²) in [4.78, 5) is 11.9. The Balaban J connectivity index is 2.31. The van der Waals surface area contributed by atoms with Gasteiger partial charge >= 0.3 is 0 Å². The van der Waals surface area contributed by atoms with E-state index in [4.69, 9.17) is 4.74 Å². The maximum absolute atomic E-state index is 11.9. The van der Waals surface area contributed by atoms with Gasteiger partial charge in [0.25, 0.3) is 0 Å². The summed E-state index contributed by atoms with van der Waals surface area (Å²) in [6.07, 6.45) is 0.942. The summed E-state index contributed by atoms with van der Waals surface area (Å²) in [5.41, 5.74) is 0.228. The molecule has 1 amide bonds. The number of rotatable bonds is 4. The van der Waals surface area contributed by atoms with Crippen LogP contribution in [0.2, 0.25) is 0 Å². The van der Waals surface area contributed by atoms with Gasteiger partial charge in [-0.05, 0) is 17.8 Å². The monoisotopic (exact) mass is 242 g/mol. The molecule has 1 aliphatic rings. The summed E-state index contributed by atoms with van der Waals surface area (Å²) in [5.74, 6) is 0.562. The highest BCUT2D eigenvalue weighted by molar-refractivity contribution is 5.82. The van der Waals surface area contributed by atoms with E-state index in [9.17, 15) is 4.79 Å². The van der Waals surface area contributed by atoms with E-state index >= 15 is 0 Å². The number of hydrogen-bond acceptors (Lipinski definition) is 3. The van der Waals surface area contributed by atoms with Crippen LogP contribution in [0.5, 0.6) is 0 Å². The maximum Gasteiger partial charge on any atom is 0.237 e. The third-order valence-electron chi connectivity index (χ3n) is 3.80. The van der Waals surface area contributed by atoms with Gasteiger partial charge in [0.2, 0.25) is 5.91 Å². The number of amides is 1. The Bertz CT molecular complexity index is 261. The number of nitrogens with one attached hydrogen (secondary N) is 2. The summed E-state index contributed by atoms with van der Waals surface area (Å²) in [6, 6.07) is -0.0906. The minimum absolute atomic E-state index is 0.0906. The van der Waals surface area contributed by atoms with E-state index in [2.05, 4.69) is 38.3 Å². The summed E-state index contributed by atoms with van der Waals surface area (Å²) in [7, 11) is 1.69. The Kier molecular flexibility index (Phi) is 4.95. The van der Waals surface area contributed by atoms with Crippen molar-refractivity contribution in [1.29, 1.82) is 0 Å². The molecule has 0 spiro atoms. The van der Waals surface area contributed by atoms with Gasteiger partial charge in [0.1, 0.15) is 0 Å². The smallest absolute Gasteiger partial charge is 0.237 e. The fraction of sp³-hybridized carbons (Fsp3) is 0.923. The first-order chi connectivity index (χ1) is 7.84. The molecule has 0 bridgehead atoms. The molecular weight excluding hydrogens is 216 g/mol. The van der Waals surface area contributed by atoms with Gasteiger partial charge < -0.3 is 15.4 Å². The second-order valence-electron chi connectivity index (χ2n) is 6.07. The van der Waals surface area contributed by atoms with Crippen LogP contribution in [-0.4, -0.2) is 38.3 Å². The van der Waals surface area contributed by atoms with Gasteiger partial charge in [0.05, 0.1) is 12.1 Å². The number of ether oxygens (including phenoxy) is 1. The van der Waals surface area contributed by atoms with Gasteiger partial charge in [0, 0.05) is 20.2 Å². The second kappa shape index (κ2) is 5.83. The minimum Gasteiger partial charge on any atom is -0.380 e. The average molecular weight is 242 g/mol. The van der Waals surface area contributed by atoms with Crippen LogP contribution < -0.4 is 10.6 Å². The van der Waals surface area contributed by atoms with Crippen molar-refractivity contribution in [3.8, 4) is 0 Å². The van der Waals surface area contributed by atoms with Crippen LogP contribution in [-0.2, 0) is 9.53 Å². The molecular formula is C13H26N2O2. The lowest BCUT2D eigenvalue weighted by atomic mass is 9.82. The quantitative estimate of drug-likeness (QED) is 0.778. The Labute approximate surface area is 104 Å². The number of carbonyl (C=O) groups is 1. The lowest BCUT2D eigenvalue weighted by Crippen LogP contribution is -2.43. The van der Waals surface area contributed by atoms with Gasteiger partial charge in [-0.1, -0.05) is 27.7 Å². The van der Waals surface area contributed by atoms with Gasteiger partial charge in [-0.15, -0.1) is 0 Å². The minimum atomic E-state index is -0.0906. The molecule has 1 heterocycles. The van der Waals surface area contributed by atoms with Crippen molar-refractivity contribution in [2.45, 2.75) is 46.3 Å². The number of carbonyl (C=O) groups excluding carboxylic acids is 1. The first kappa shape index (κ1) is 14.5. The molecule has 3 atom stereocenters. The molecule has 1 saturated heterocycles. The van der Waals surface area contributed by atoms with Crippen molar-refractivity contribution in [1.82, 2.24) is 10.6 Å². The second-order valence-corrected chi connectivity index (χ2v) is 6.07. The van der Waals surface area contributed by atoms with E-state index < -0.39 is 0 Å². The molecule has 0 aromatic heterocycles. The highest BCUT2D eigenvalue weighted by Gasteiger charge is 2.30. The third-order valence-corrected chi connectivity index (χ3v) is 3.80. The highest BCUT2D eigenvalue weighted by atomic mass is 16.5. The SMILES string of the molecule is COC1CNC(C(=O)NCC(C)C(C)(C)C)C1. The predicted molar refractivity (Wildman–Crippen MR) is 68.8 cm³/mol. The first-order valence-electron chi connectivity index (χ1n) is 6.38. The molecule has 4 heteroatoms. The van der Waals surface area contributed by atoms with Crippen LogP contribution in [0.4, 0.5) is 0 Å². The first-order valence-corrected chi connectivity index (χ1v) is 6.38. The van der Waals surface area contributed by atoms with Gasteiger partial charge in [-0.25, -0.2) is 0 Å². The molecule has 1 fully saturated rings. The lowest BCUT2D eigenvalue weighted by molar-refractivity contribution is -0.123. The van der Waals surface area contributed by atoms with Crippen molar-refractivity contribution in [3.63, 3.8) is 0 Å². The Hall–Kier alpha value is -0.610. The number of methoxy groups -OCH3 is 1. The van der Waals surface area contributed by atoms with E-state index in [1.165, 1.54) is 0 Å². The van der Waals surface area contributed by atoms with Gasteiger partial charge in [-0.3, -0.25) is 4.79 Å². The van der Waals surface area contributed by atoms with Crippen LogP contribution >= 0.6 is 0 Å². The molecule has 3 unspecified atom stereocenters. The number of hydrogen-bond donors (Lipinski definition) is 2. The van der Waals surface area contributed by atoms with E-state index in [0.29, 0.717) is 5.92 Å². The summed E-state index contributed by atoms with van der Waals surface area (Å²) in [5, 5.41) is 6.20. The molecule has 4 nitrogen and oxygen atoms in total. The van der Waals surface area contributed by atoms with E-state index in [0.717, 1.165) is 19.5 Å². The zero-order valence-corrected chi connectivity index (χ0v) is 11.7. The Morgan fingerprint density at radius 2 is 2.18 bits per heavy atom. The van der Waals surface area contributed by atoms with E-state index in [-0.39, 0.29) is 23.5 Å². The fourth-order valence-electron chi connectivity index (χ4n) is 1.77. The van der Waals surface area contributed by atoms with Gasteiger partial charge in [0.15, 0.2) is 0 Å². The van der Waals surface area contributed by atoms with Crippen LogP contribution in [0.15, 0.2) is 0 Å². The average Bonchev–Trinajstić information content (AvgIpc) is 2.72. The lowest BCUT2D eigenvalue weighted by Gasteiger charge is -2.27. The normalized spacial score (nSPS) is 26.9. The van der Waals surface area contributed by atoms with Crippen molar-refractivity contribution >= 4 is 5.91 Å². The molecule has 2 N–H and O–H groups in total. The molecule has 0 radical (unpaired) electrons. The predicted octanol–water partition coefficient (Wildman–Crippen LogP) is 1.16. The highest BCUT2D eigenvalue weighted by Crippen LogP contribution is 2.24. The maximum atomic E-state index is 11.9. The summed E-state index contributed by atoms with van der Waals surface area (Å²) in [6.45, 7) is 10.2. The third kappa shape index (κ3) is 4.28. The van der Waals surface area contributed by atoms with Crippen molar-refractivity contribution in [2.75, 3.05) is 20.2 Å². The standard InChI is InChI=1S/C13H26N2O2/c1-9(13(2,3)4)7-15-12(16)11-6-10(17-5)8-14-11/h9-11,14H,6-8H2,1-5H3,(H,15,16). The molecule has 0 aromatic rings. The summed E-state index contributed by atoms with van der Waals surface area (Å²) >= 11 is 0. The van der Waals surface area contributed by atoms with Crippen molar-refractivity contribution in [3.05, 3.63) is 0 Å². The molecule has 17 heavy (non-hydrogen) atoms. The van der Waals surface area contributed by atoms with Crippen molar-refractivity contribution in [2.24, 2.45) is 11.3 Å². The fourth-order valence-corrected chi connectivity index (χ4v) is 1.77. The summed E-state index contributed by atoms with van der Waals surface area (Å²) < 4.78 is 5.23. The zero-order chi connectivity index (χ0) is 13.1. The van der Waals surface area contributed by atoms with Crippen LogP contribution in [0.3, 0.4) is 0 Å². The largest absolute Gasteiger partial charge is 0.380 e. The van der Waals surface area contributed by atoms with E-state index in [1.54, 1.807) is 7.11 Å².